The molecule has 1 saturated carbocycles. The van der Waals surface area contributed by atoms with Crippen molar-refractivity contribution >= 4 is 23.4 Å². The van der Waals surface area contributed by atoms with E-state index in [1.807, 2.05) is 0 Å². The average molecular weight is 177 g/mol. The van der Waals surface area contributed by atoms with Crippen molar-refractivity contribution in [1.29, 1.82) is 0 Å². The largest absolute Gasteiger partial charge is 0.481 e. The minimum atomic E-state index is -0.901. The number of carboxylic acid groups (broad SMARTS) is 1. The summed E-state index contributed by atoms with van der Waals surface area (Å²) in [6.07, 6.45) is 0.819. The molecule has 62 valence electrons. The van der Waals surface area contributed by atoms with Gasteiger partial charge in [-0.3, -0.25) is 9.59 Å². The third-order valence-corrected chi connectivity index (χ3v) is 2.42. The van der Waals surface area contributed by atoms with Gasteiger partial charge in [-0.05, 0) is 6.42 Å². The summed E-state index contributed by atoms with van der Waals surface area (Å²) in [5.41, 5.74) is 0. The number of halogens is 1. The van der Waals surface area contributed by atoms with Crippen molar-refractivity contribution in [2.24, 2.45) is 11.8 Å². The zero-order valence-corrected chi connectivity index (χ0v) is 6.67. The van der Waals surface area contributed by atoms with Crippen LogP contribution in [0, 0.1) is 11.8 Å². The van der Waals surface area contributed by atoms with Gasteiger partial charge in [0.1, 0.15) is 5.78 Å². The molecule has 0 aromatic carbocycles. The highest BCUT2D eigenvalue weighted by molar-refractivity contribution is 6.19. The third kappa shape index (κ3) is 1.53. The molecular formula is C7H9ClO3. The van der Waals surface area contributed by atoms with Crippen LogP contribution in [0.4, 0.5) is 0 Å². The van der Waals surface area contributed by atoms with Crippen LogP contribution in [0.5, 0.6) is 0 Å². The van der Waals surface area contributed by atoms with Crippen molar-refractivity contribution in [3.05, 3.63) is 0 Å². The lowest BCUT2D eigenvalue weighted by atomic mass is 9.98. The molecule has 0 aromatic heterocycles. The van der Waals surface area contributed by atoms with Gasteiger partial charge in [-0.25, -0.2) is 0 Å². The molecule has 0 amide bonds. The van der Waals surface area contributed by atoms with E-state index in [0.29, 0.717) is 12.8 Å². The quantitative estimate of drug-likeness (QED) is 0.637. The molecule has 0 bridgehead atoms. The Morgan fingerprint density at radius 3 is 2.73 bits per heavy atom. The standard InChI is InChI=1S/C7H9ClO3/c8-3-5-4(7(10)11)1-2-6(5)9/h4-5H,1-3H2,(H,10,11)/t4-,5+/m1/s1. The zero-order chi connectivity index (χ0) is 8.43. The minimum absolute atomic E-state index is 0.00704. The second-order valence-electron chi connectivity index (χ2n) is 2.71. The first kappa shape index (κ1) is 8.53. The van der Waals surface area contributed by atoms with Crippen LogP contribution >= 0.6 is 11.6 Å². The third-order valence-electron chi connectivity index (χ3n) is 2.08. The average Bonchev–Trinajstić information content (AvgIpc) is 2.30. The molecule has 1 aliphatic rings. The Balaban J connectivity index is 2.68. The fourth-order valence-corrected chi connectivity index (χ4v) is 1.79. The smallest absolute Gasteiger partial charge is 0.307 e. The molecule has 3 nitrogen and oxygen atoms in total. The van der Waals surface area contributed by atoms with E-state index in [1.54, 1.807) is 0 Å². The predicted octanol–water partition coefficient (Wildman–Crippen LogP) is 0.905. The van der Waals surface area contributed by atoms with Crippen molar-refractivity contribution in [3.63, 3.8) is 0 Å². The Morgan fingerprint density at radius 1 is 1.73 bits per heavy atom. The monoisotopic (exact) mass is 176 g/mol. The first-order valence-electron chi connectivity index (χ1n) is 3.48. The van der Waals surface area contributed by atoms with Crippen molar-refractivity contribution in [1.82, 2.24) is 0 Å². The summed E-state index contributed by atoms with van der Waals surface area (Å²) in [7, 11) is 0. The normalized spacial score (nSPS) is 30.8. The van der Waals surface area contributed by atoms with Crippen LogP contribution in [0.15, 0.2) is 0 Å². The summed E-state index contributed by atoms with van der Waals surface area (Å²) < 4.78 is 0. The van der Waals surface area contributed by atoms with Crippen LogP contribution in [-0.4, -0.2) is 22.7 Å². The second kappa shape index (κ2) is 3.22. The maximum absolute atomic E-state index is 11.0. The summed E-state index contributed by atoms with van der Waals surface area (Å²) in [5, 5.41) is 8.62. The van der Waals surface area contributed by atoms with Crippen LogP contribution in [0.3, 0.4) is 0 Å². The van der Waals surface area contributed by atoms with E-state index in [1.165, 1.54) is 0 Å². The maximum Gasteiger partial charge on any atom is 0.307 e. The molecule has 11 heavy (non-hydrogen) atoms. The molecule has 1 rings (SSSR count). The Morgan fingerprint density at radius 2 is 2.36 bits per heavy atom. The highest BCUT2D eigenvalue weighted by Gasteiger charge is 2.38. The van der Waals surface area contributed by atoms with Gasteiger partial charge >= 0.3 is 5.97 Å². The van der Waals surface area contributed by atoms with Gasteiger partial charge in [0.25, 0.3) is 0 Å². The van der Waals surface area contributed by atoms with E-state index in [-0.39, 0.29) is 11.7 Å². The number of carboxylic acids is 1. The summed E-state index contributed by atoms with van der Waals surface area (Å²) in [4.78, 5) is 21.5. The van der Waals surface area contributed by atoms with Crippen molar-refractivity contribution in [2.75, 3.05) is 5.88 Å². The molecule has 0 spiro atoms. The molecular weight excluding hydrogens is 168 g/mol. The lowest BCUT2D eigenvalue weighted by Crippen LogP contribution is -2.23. The predicted molar refractivity (Wildman–Crippen MR) is 39.6 cm³/mol. The molecule has 0 unspecified atom stereocenters. The van der Waals surface area contributed by atoms with Gasteiger partial charge in [-0.1, -0.05) is 0 Å². The molecule has 0 heterocycles. The van der Waals surface area contributed by atoms with Gasteiger partial charge in [0.2, 0.25) is 0 Å². The molecule has 1 fully saturated rings. The highest BCUT2D eigenvalue weighted by atomic mass is 35.5. The van der Waals surface area contributed by atoms with Crippen molar-refractivity contribution in [3.8, 4) is 0 Å². The molecule has 0 aromatic rings. The van der Waals surface area contributed by atoms with Gasteiger partial charge < -0.3 is 5.11 Å². The first-order valence-corrected chi connectivity index (χ1v) is 4.01. The van der Waals surface area contributed by atoms with E-state index < -0.39 is 17.8 Å². The number of carbonyl (C=O) groups excluding carboxylic acids is 1. The maximum atomic E-state index is 11.0. The molecule has 0 saturated heterocycles. The number of carbonyl (C=O) groups is 2. The van der Waals surface area contributed by atoms with Crippen LogP contribution in [0.2, 0.25) is 0 Å². The van der Waals surface area contributed by atoms with E-state index >= 15 is 0 Å². The zero-order valence-electron chi connectivity index (χ0n) is 5.92. The SMILES string of the molecule is O=C1CC[C@@H](C(=O)O)[C@@H]1CCl. The van der Waals surface area contributed by atoms with Gasteiger partial charge in [-0.2, -0.15) is 0 Å². The fourth-order valence-electron chi connectivity index (χ4n) is 1.40. The number of alkyl halides is 1. The number of aliphatic carboxylic acids is 1. The molecule has 0 radical (unpaired) electrons. The second-order valence-corrected chi connectivity index (χ2v) is 3.02. The van der Waals surface area contributed by atoms with E-state index in [9.17, 15) is 9.59 Å². The molecule has 1 aliphatic carbocycles. The lowest BCUT2D eigenvalue weighted by Gasteiger charge is -2.09. The van der Waals surface area contributed by atoms with Gasteiger partial charge in [0, 0.05) is 18.2 Å². The van der Waals surface area contributed by atoms with E-state index in [2.05, 4.69) is 0 Å². The van der Waals surface area contributed by atoms with Gasteiger partial charge in [0.15, 0.2) is 0 Å². The molecule has 4 heteroatoms. The number of rotatable bonds is 2. The Labute approximate surface area is 69.3 Å². The Kier molecular flexibility index (Phi) is 2.49. The van der Waals surface area contributed by atoms with Crippen LogP contribution in [0.25, 0.3) is 0 Å². The minimum Gasteiger partial charge on any atom is -0.481 e. The topological polar surface area (TPSA) is 54.4 Å². The van der Waals surface area contributed by atoms with Gasteiger partial charge in [0.05, 0.1) is 5.92 Å². The molecule has 2 atom stereocenters. The first-order chi connectivity index (χ1) is 5.16. The molecule has 0 aliphatic heterocycles. The van der Waals surface area contributed by atoms with E-state index in [0.717, 1.165) is 0 Å². The van der Waals surface area contributed by atoms with Crippen molar-refractivity contribution < 1.29 is 14.7 Å². The summed E-state index contributed by atoms with van der Waals surface area (Å²) >= 11 is 5.46. The van der Waals surface area contributed by atoms with Crippen LogP contribution in [-0.2, 0) is 9.59 Å². The summed E-state index contributed by atoms with van der Waals surface area (Å²) in [6, 6.07) is 0. The van der Waals surface area contributed by atoms with Crippen LogP contribution in [0.1, 0.15) is 12.8 Å². The van der Waals surface area contributed by atoms with E-state index in [4.69, 9.17) is 16.7 Å². The summed E-state index contributed by atoms with van der Waals surface area (Å²) in [6.45, 7) is 0. The number of hydrogen-bond donors (Lipinski definition) is 1. The number of ketones is 1. The summed E-state index contributed by atoms with van der Waals surface area (Å²) in [5.74, 6) is -1.77. The lowest BCUT2D eigenvalue weighted by molar-refractivity contribution is -0.143. The number of Topliss-reactive ketones (excluding diaryl/α,β-unsaturated/α-hetero) is 1. The van der Waals surface area contributed by atoms with Gasteiger partial charge in [-0.15, -0.1) is 11.6 Å². The Bertz CT molecular complexity index is 190. The molecule has 1 N–H and O–H groups in total. The Hall–Kier alpha value is -0.570. The van der Waals surface area contributed by atoms with Crippen LogP contribution < -0.4 is 0 Å². The number of hydrogen-bond acceptors (Lipinski definition) is 2. The van der Waals surface area contributed by atoms with Crippen molar-refractivity contribution in [2.45, 2.75) is 12.8 Å². The fraction of sp³-hybridized carbons (Fsp3) is 0.714. The highest BCUT2D eigenvalue weighted by Crippen LogP contribution is 2.29.